The van der Waals surface area contributed by atoms with E-state index in [9.17, 15) is 0 Å². The van der Waals surface area contributed by atoms with Crippen LogP contribution in [0.1, 0.15) is 12.5 Å². The van der Waals surface area contributed by atoms with Crippen LogP contribution in [0.2, 0.25) is 25.7 Å². The van der Waals surface area contributed by atoms with Gasteiger partial charge in [-0.15, -0.1) is 0 Å². The first kappa shape index (κ1) is 19.5. The Kier molecular flexibility index (Phi) is 8.46. The van der Waals surface area contributed by atoms with Gasteiger partial charge in [0, 0.05) is 25.8 Å². The minimum absolute atomic E-state index is 0.233. The molecular weight excluding hydrogens is 364 g/mol. The predicted molar refractivity (Wildman–Crippen MR) is 95.6 cm³/mol. The molecule has 0 N–H and O–H groups in total. The Bertz CT molecular complexity index is 460. The predicted octanol–water partition coefficient (Wildman–Crippen LogP) is 4.69. The first-order chi connectivity index (χ1) is 10.4. The van der Waals surface area contributed by atoms with E-state index in [4.69, 9.17) is 18.9 Å². The second kappa shape index (κ2) is 9.55. The van der Waals surface area contributed by atoms with Gasteiger partial charge in [0.2, 0.25) is 0 Å². The van der Waals surface area contributed by atoms with Crippen LogP contribution in [0, 0.1) is 0 Å². The van der Waals surface area contributed by atoms with Crippen molar-refractivity contribution in [1.82, 2.24) is 0 Å². The quantitative estimate of drug-likeness (QED) is 0.330. The number of halogens is 1. The van der Waals surface area contributed by atoms with Crippen LogP contribution < -0.4 is 9.47 Å². The highest BCUT2D eigenvalue weighted by atomic mass is 79.9. The molecule has 0 saturated carbocycles. The first-order valence-electron chi connectivity index (χ1n) is 7.52. The molecule has 0 unspecified atom stereocenters. The van der Waals surface area contributed by atoms with Gasteiger partial charge in [-0.25, -0.2) is 0 Å². The van der Waals surface area contributed by atoms with Crippen LogP contribution in [0.3, 0.4) is 0 Å². The average Bonchev–Trinajstić information content (AvgIpc) is 2.45. The zero-order valence-corrected chi connectivity index (χ0v) is 16.8. The number of ether oxygens (including phenoxy) is 4. The fourth-order valence-corrected chi connectivity index (χ4v) is 2.91. The van der Waals surface area contributed by atoms with Crippen molar-refractivity contribution in [2.24, 2.45) is 0 Å². The van der Waals surface area contributed by atoms with Gasteiger partial charge in [0.15, 0.2) is 18.3 Å². The number of hydrogen-bond acceptors (Lipinski definition) is 4. The van der Waals surface area contributed by atoms with E-state index in [1.807, 2.05) is 19.1 Å². The van der Waals surface area contributed by atoms with E-state index >= 15 is 0 Å². The van der Waals surface area contributed by atoms with Gasteiger partial charge in [-0.05, 0) is 30.7 Å². The number of rotatable bonds is 10. The lowest BCUT2D eigenvalue weighted by atomic mass is 10.2. The molecule has 22 heavy (non-hydrogen) atoms. The average molecular weight is 391 g/mol. The summed E-state index contributed by atoms with van der Waals surface area (Å²) in [5, 5.41) is 0. The van der Waals surface area contributed by atoms with Crippen LogP contribution in [-0.4, -0.2) is 35.2 Å². The summed E-state index contributed by atoms with van der Waals surface area (Å²) in [5.41, 5.74) is 1.03. The third-order valence-electron chi connectivity index (χ3n) is 3.09. The molecule has 1 aromatic rings. The zero-order chi connectivity index (χ0) is 16.6. The molecule has 0 aromatic heterocycles. The highest BCUT2D eigenvalue weighted by molar-refractivity contribution is 9.10. The highest BCUT2D eigenvalue weighted by Crippen LogP contribution is 2.34. The third kappa shape index (κ3) is 7.13. The summed E-state index contributed by atoms with van der Waals surface area (Å²) < 4.78 is 23.0. The van der Waals surface area contributed by atoms with Crippen LogP contribution in [0.15, 0.2) is 16.6 Å². The van der Waals surface area contributed by atoms with E-state index in [-0.39, 0.29) is 6.79 Å². The van der Waals surface area contributed by atoms with Crippen LogP contribution in [0.5, 0.6) is 11.5 Å². The van der Waals surface area contributed by atoms with E-state index in [1.165, 1.54) is 0 Å². The summed E-state index contributed by atoms with van der Waals surface area (Å²) in [5.74, 6) is 1.36. The Morgan fingerprint density at radius 2 is 1.82 bits per heavy atom. The van der Waals surface area contributed by atoms with Crippen molar-refractivity contribution in [3.63, 3.8) is 0 Å². The fourth-order valence-electron chi connectivity index (χ4n) is 1.71. The van der Waals surface area contributed by atoms with Gasteiger partial charge in [-0.1, -0.05) is 35.6 Å². The molecule has 126 valence electrons. The molecule has 0 radical (unpaired) electrons. The second-order valence-corrected chi connectivity index (χ2v) is 12.7. The lowest BCUT2D eigenvalue weighted by Crippen LogP contribution is -2.22. The minimum atomic E-state index is -1.06. The van der Waals surface area contributed by atoms with E-state index in [2.05, 4.69) is 35.6 Å². The smallest absolute Gasteiger partial charge is 0.189 e. The van der Waals surface area contributed by atoms with E-state index in [1.54, 1.807) is 7.11 Å². The van der Waals surface area contributed by atoms with Crippen molar-refractivity contribution in [1.29, 1.82) is 0 Å². The minimum Gasteiger partial charge on any atom is -0.493 e. The molecule has 6 heteroatoms. The third-order valence-corrected chi connectivity index (χ3v) is 5.53. The van der Waals surface area contributed by atoms with E-state index in [0.29, 0.717) is 24.7 Å². The molecule has 0 bridgehead atoms. The lowest BCUT2D eigenvalue weighted by Gasteiger charge is -2.17. The Hall–Kier alpha value is -0.563. The Labute approximate surface area is 143 Å². The van der Waals surface area contributed by atoms with Gasteiger partial charge in [0.25, 0.3) is 0 Å². The molecule has 0 saturated heterocycles. The van der Waals surface area contributed by atoms with Gasteiger partial charge in [0.1, 0.15) is 0 Å². The van der Waals surface area contributed by atoms with Gasteiger partial charge in [-0.2, -0.15) is 0 Å². The fraction of sp³-hybridized carbons (Fsp3) is 0.625. The Balaban J connectivity index is 2.60. The van der Waals surface area contributed by atoms with Crippen LogP contribution in [-0.2, 0) is 16.1 Å². The zero-order valence-electron chi connectivity index (χ0n) is 14.2. The van der Waals surface area contributed by atoms with Gasteiger partial charge >= 0.3 is 0 Å². The SMILES string of the molecule is CCOCc1cc(OCOCC[Si](C)(C)C)c(OC)cc1Br. The standard InChI is InChI=1S/C16H27BrO4Si/c1-6-19-11-13-9-16(15(18-2)10-14(13)17)21-12-20-7-8-22(3,4)5/h9-10H,6-8,11-12H2,1-5H3. The summed E-state index contributed by atoms with van der Waals surface area (Å²) >= 11 is 3.52. The van der Waals surface area contributed by atoms with Crippen molar-refractivity contribution in [3.8, 4) is 11.5 Å². The summed E-state index contributed by atoms with van der Waals surface area (Å²) in [6, 6.07) is 4.95. The normalized spacial score (nSPS) is 11.5. The molecule has 0 fully saturated rings. The Morgan fingerprint density at radius 3 is 2.41 bits per heavy atom. The molecule has 0 spiro atoms. The maximum Gasteiger partial charge on any atom is 0.189 e. The van der Waals surface area contributed by atoms with Crippen LogP contribution in [0.25, 0.3) is 0 Å². The Morgan fingerprint density at radius 1 is 1.09 bits per heavy atom. The highest BCUT2D eigenvalue weighted by Gasteiger charge is 2.13. The van der Waals surface area contributed by atoms with Crippen molar-refractivity contribution in [2.45, 2.75) is 39.2 Å². The molecule has 1 aromatic carbocycles. The molecule has 0 heterocycles. The second-order valence-electron chi connectivity index (χ2n) is 6.21. The van der Waals surface area contributed by atoms with Crippen molar-refractivity contribution >= 4 is 24.0 Å². The molecule has 4 nitrogen and oxygen atoms in total. The van der Waals surface area contributed by atoms with Crippen molar-refractivity contribution in [2.75, 3.05) is 27.1 Å². The van der Waals surface area contributed by atoms with Gasteiger partial charge in [-0.3, -0.25) is 0 Å². The largest absolute Gasteiger partial charge is 0.493 e. The molecule has 1 rings (SSSR count). The number of hydrogen-bond donors (Lipinski definition) is 0. The molecule has 0 aliphatic rings. The van der Waals surface area contributed by atoms with Crippen LogP contribution in [0.4, 0.5) is 0 Å². The maximum atomic E-state index is 5.71. The van der Waals surface area contributed by atoms with E-state index in [0.717, 1.165) is 22.7 Å². The lowest BCUT2D eigenvalue weighted by molar-refractivity contribution is 0.0203. The van der Waals surface area contributed by atoms with Crippen LogP contribution >= 0.6 is 15.9 Å². The molecule has 0 aliphatic carbocycles. The van der Waals surface area contributed by atoms with Gasteiger partial charge in [0.05, 0.1) is 13.7 Å². The summed E-state index contributed by atoms with van der Waals surface area (Å²) in [4.78, 5) is 0. The van der Waals surface area contributed by atoms with Crippen molar-refractivity contribution < 1.29 is 18.9 Å². The monoisotopic (exact) mass is 390 g/mol. The topological polar surface area (TPSA) is 36.9 Å². The van der Waals surface area contributed by atoms with Gasteiger partial charge < -0.3 is 18.9 Å². The molecule has 0 aliphatic heterocycles. The summed E-state index contributed by atoms with van der Waals surface area (Å²) in [6.07, 6.45) is 0. The molecular formula is C16H27BrO4Si. The van der Waals surface area contributed by atoms with Crippen molar-refractivity contribution in [3.05, 3.63) is 22.2 Å². The first-order valence-corrected chi connectivity index (χ1v) is 12.0. The summed E-state index contributed by atoms with van der Waals surface area (Å²) in [7, 11) is 0.564. The van der Waals surface area contributed by atoms with E-state index < -0.39 is 8.07 Å². The number of benzene rings is 1. The summed E-state index contributed by atoms with van der Waals surface area (Å²) in [6.45, 7) is 11.1. The molecule has 0 atom stereocenters. The maximum absolute atomic E-state index is 5.71. The number of methoxy groups -OCH3 is 1. The molecule has 0 amide bonds.